The van der Waals surface area contributed by atoms with Crippen LogP contribution in [0.4, 0.5) is 20.6 Å². The summed E-state index contributed by atoms with van der Waals surface area (Å²) in [5.41, 5.74) is 2.68. The lowest BCUT2D eigenvalue weighted by Crippen LogP contribution is -2.42. The Hall–Kier alpha value is -2.81. The number of halogens is 2. The monoisotopic (exact) mass is 546 g/mol. The SMILES string of the molecule is Cc1cc2c(cc1OCC1CCN(C(=O)OC(C)(C)C)CC1)NC=NC2Nc1ccc(Br)cc1F. The number of fused-ring (bicyclic) bond motifs is 1. The number of benzene rings is 2. The number of hydrogen-bond donors (Lipinski definition) is 2. The average Bonchev–Trinajstić information content (AvgIpc) is 2.79. The van der Waals surface area contributed by atoms with Gasteiger partial charge in [0.2, 0.25) is 0 Å². The number of carbonyl (C=O) groups is 1. The molecule has 0 spiro atoms. The minimum Gasteiger partial charge on any atom is -0.493 e. The zero-order valence-corrected chi connectivity index (χ0v) is 22.1. The number of amides is 1. The lowest BCUT2D eigenvalue weighted by atomic mass is 9.98. The van der Waals surface area contributed by atoms with E-state index in [0.717, 1.165) is 35.4 Å². The van der Waals surface area contributed by atoms with E-state index in [4.69, 9.17) is 9.47 Å². The number of aryl methyl sites for hydroxylation is 1. The smallest absolute Gasteiger partial charge is 0.410 e. The number of aliphatic imine (C=N–C) groups is 1. The van der Waals surface area contributed by atoms with Crippen molar-refractivity contribution in [1.82, 2.24) is 4.90 Å². The Morgan fingerprint density at radius 1 is 1.26 bits per heavy atom. The number of anilines is 2. The molecule has 1 atom stereocenters. The van der Waals surface area contributed by atoms with Crippen molar-refractivity contribution in [3.8, 4) is 5.75 Å². The van der Waals surface area contributed by atoms with Crippen molar-refractivity contribution in [3.63, 3.8) is 0 Å². The van der Waals surface area contributed by atoms with Crippen molar-refractivity contribution in [3.05, 3.63) is 51.7 Å². The minimum atomic E-state index is -0.485. The summed E-state index contributed by atoms with van der Waals surface area (Å²) in [6, 6.07) is 8.90. The van der Waals surface area contributed by atoms with Crippen LogP contribution < -0.4 is 15.4 Å². The lowest BCUT2D eigenvalue weighted by molar-refractivity contribution is 0.0165. The molecule has 4 rings (SSSR count). The predicted octanol–water partition coefficient (Wildman–Crippen LogP) is 6.49. The van der Waals surface area contributed by atoms with Crippen molar-refractivity contribution >= 4 is 39.7 Å². The van der Waals surface area contributed by atoms with E-state index in [-0.39, 0.29) is 11.9 Å². The van der Waals surface area contributed by atoms with Gasteiger partial charge in [-0.3, -0.25) is 0 Å². The molecule has 0 radical (unpaired) electrons. The van der Waals surface area contributed by atoms with Crippen LogP contribution >= 0.6 is 15.9 Å². The number of hydrogen-bond acceptors (Lipinski definition) is 6. The number of nitrogens with one attached hydrogen (secondary N) is 2. The van der Waals surface area contributed by atoms with Gasteiger partial charge in [-0.2, -0.15) is 0 Å². The third-order valence-electron chi connectivity index (χ3n) is 6.05. The van der Waals surface area contributed by atoms with Crippen molar-refractivity contribution in [2.24, 2.45) is 10.9 Å². The zero-order chi connectivity index (χ0) is 25.2. The van der Waals surface area contributed by atoms with Gasteiger partial charge >= 0.3 is 6.09 Å². The molecule has 1 amide bonds. The Morgan fingerprint density at radius 2 is 2.00 bits per heavy atom. The maximum atomic E-state index is 14.3. The third kappa shape index (κ3) is 6.45. The van der Waals surface area contributed by atoms with Gasteiger partial charge in [0.1, 0.15) is 23.3 Å². The highest BCUT2D eigenvalue weighted by atomic mass is 79.9. The summed E-state index contributed by atoms with van der Waals surface area (Å²) < 4.78 is 26.7. The fraction of sp³-hybridized carbons (Fsp3) is 0.462. The summed E-state index contributed by atoms with van der Waals surface area (Å²) in [4.78, 5) is 18.5. The van der Waals surface area contributed by atoms with Crippen molar-refractivity contribution in [2.45, 2.75) is 52.3 Å². The van der Waals surface area contributed by atoms with E-state index >= 15 is 0 Å². The second-order valence-electron chi connectivity index (χ2n) is 10.0. The minimum absolute atomic E-state index is 0.249. The molecular weight excluding hydrogens is 515 g/mol. The Balaban J connectivity index is 1.36. The first-order valence-corrected chi connectivity index (χ1v) is 12.6. The second kappa shape index (κ2) is 10.4. The maximum absolute atomic E-state index is 14.3. The molecule has 0 aliphatic carbocycles. The molecular formula is C26H32BrFN4O3. The standard InChI is InChI=1S/C26H32BrFN4O3/c1-16-11-19-22(29-15-30-24(19)31-21-6-5-18(27)12-20(21)28)13-23(16)34-14-17-7-9-32(10-8-17)25(33)35-26(2,3)4/h5-6,11-13,15,17,24,31H,7-10,14H2,1-4H3,(H,29,30). The molecule has 1 saturated heterocycles. The van der Waals surface area contributed by atoms with Gasteiger partial charge in [-0.25, -0.2) is 14.2 Å². The molecule has 0 aromatic heterocycles. The van der Waals surface area contributed by atoms with Crippen LogP contribution in [-0.2, 0) is 4.74 Å². The van der Waals surface area contributed by atoms with E-state index in [1.807, 2.05) is 39.8 Å². The van der Waals surface area contributed by atoms with Gasteiger partial charge in [0.05, 0.1) is 24.3 Å². The number of ether oxygens (including phenoxy) is 2. The van der Waals surface area contributed by atoms with Gasteiger partial charge in [0, 0.05) is 29.2 Å². The van der Waals surface area contributed by atoms with E-state index in [9.17, 15) is 9.18 Å². The molecule has 9 heteroatoms. The highest BCUT2D eigenvalue weighted by Crippen LogP contribution is 2.36. The van der Waals surface area contributed by atoms with Crippen molar-refractivity contribution < 1.29 is 18.7 Å². The van der Waals surface area contributed by atoms with Crippen LogP contribution in [-0.4, -0.2) is 42.6 Å². The predicted molar refractivity (Wildman–Crippen MR) is 140 cm³/mol. The highest BCUT2D eigenvalue weighted by Gasteiger charge is 2.27. The molecule has 35 heavy (non-hydrogen) atoms. The number of piperidine rings is 1. The highest BCUT2D eigenvalue weighted by molar-refractivity contribution is 9.10. The number of rotatable bonds is 5. The van der Waals surface area contributed by atoms with Crippen LogP contribution in [0.5, 0.6) is 5.75 Å². The van der Waals surface area contributed by atoms with Gasteiger partial charge in [-0.05, 0) is 76.3 Å². The summed E-state index contributed by atoms with van der Waals surface area (Å²) in [6.07, 6.45) is 2.70. The van der Waals surface area contributed by atoms with E-state index in [1.54, 1.807) is 23.4 Å². The Labute approximate surface area is 214 Å². The van der Waals surface area contributed by atoms with Crippen molar-refractivity contribution in [2.75, 3.05) is 30.3 Å². The van der Waals surface area contributed by atoms with E-state index < -0.39 is 11.8 Å². The van der Waals surface area contributed by atoms with E-state index in [0.29, 0.717) is 35.8 Å². The van der Waals surface area contributed by atoms with E-state index in [2.05, 4.69) is 31.6 Å². The molecule has 2 aliphatic heterocycles. The molecule has 1 unspecified atom stereocenters. The topological polar surface area (TPSA) is 75.2 Å². The molecule has 7 nitrogen and oxygen atoms in total. The Morgan fingerprint density at radius 3 is 2.69 bits per heavy atom. The van der Waals surface area contributed by atoms with Gasteiger partial charge < -0.3 is 25.0 Å². The summed E-state index contributed by atoms with van der Waals surface area (Å²) in [5.74, 6) is 0.826. The van der Waals surface area contributed by atoms with E-state index in [1.165, 1.54) is 6.07 Å². The first kappa shape index (κ1) is 25.3. The van der Waals surface area contributed by atoms with Crippen LogP contribution in [0.1, 0.15) is 50.9 Å². The first-order chi connectivity index (χ1) is 16.6. The fourth-order valence-electron chi connectivity index (χ4n) is 4.16. The molecule has 2 heterocycles. The Kier molecular flexibility index (Phi) is 7.54. The van der Waals surface area contributed by atoms with Crippen molar-refractivity contribution in [1.29, 1.82) is 0 Å². The van der Waals surface area contributed by atoms with Gasteiger partial charge in [0.15, 0.2) is 0 Å². The van der Waals surface area contributed by atoms with Gasteiger partial charge in [-0.1, -0.05) is 15.9 Å². The summed E-state index contributed by atoms with van der Waals surface area (Å²) in [5, 5.41) is 6.35. The number of nitrogens with zero attached hydrogens (tertiary/aromatic N) is 2. The molecule has 2 aromatic rings. The van der Waals surface area contributed by atoms with Gasteiger partial charge in [0.25, 0.3) is 0 Å². The number of likely N-dealkylation sites (tertiary alicyclic amines) is 1. The molecule has 0 saturated carbocycles. The van der Waals surface area contributed by atoms with Crippen LogP contribution in [0.2, 0.25) is 0 Å². The summed E-state index contributed by atoms with van der Waals surface area (Å²) in [7, 11) is 0. The van der Waals surface area contributed by atoms with Crippen LogP contribution in [0.15, 0.2) is 39.8 Å². The molecule has 188 valence electrons. The zero-order valence-electron chi connectivity index (χ0n) is 20.5. The molecule has 2 N–H and O–H groups in total. The largest absolute Gasteiger partial charge is 0.493 e. The molecule has 1 fully saturated rings. The maximum Gasteiger partial charge on any atom is 0.410 e. The molecule has 2 aliphatic rings. The number of carbonyl (C=O) groups excluding carboxylic acids is 1. The normalized spacial score (nSPS) is 18.0. The lowest BCUT2D eigenvalue weighted by Gasteiger charge is -2.33. The fourth-order valence-corrected chi connectivity index (χ4v) is 4.50. The average molecular weight is 547 g/mol. The van der Waals surface area contributed by atoms with Gasteiger partial charge in [-0.15, -0.1) is 0 Å². The first-order valence-electron chi connectivity index (χ1n) is 11.8. The molecule has 0 bridgehead atoms. The summed E-state index contributed by atoms with van der Waals surface area (Å²) in [6.45, 7) is 9.56. The second-order valence-corrected chi connectivity index (χ2v) is 10.9. The summed E-state index contributed by atoms with van der Waals surface area (Å²) >= 11 is 3.28. The van der Waals surface area contributed by atoms with Crippen LogP contribution in [0, 0.1) is 18.7 Å². The quantitative estimate of drug-likeness (QED) is 0.448. The molecule has 2 aromatic carbocycles. The van der Waals surface area contributed by atoms with Crippen LogP contribution in [0.3, 0.4) is 0 Å². The Bertz CT molecular complexity index is 1110. The van der Waals surface area contributed by atoms with Crippen LogP contribution in [0.25, 0.3) is 0 Å². The third-order valence-corrected chi connectivity index (χ3v) is 6.54.